The summed E-state index contributed by atoms with van der Waals surface area (Å²) in [6.45, 7) is 9.20. The minimum Gasteiger partial charge on any atom is -0.330 e. The summed E-state index contributed by atoms with van der Waals surface area (Å²) in [4.78, 5) is 1.58. The highest BCUT2D eigenvalue weighted by atomic mass is 19.4. The van der Waals surface area contributed by atoms with Gasteiger partial charge in [0.15, 0.2) is 0 Å². The maximum atomic E-state index is 13.1. The minimum atomic E-state index is -4.19. The van der Waals surface area contributed by atoms with Crippen LogP contribution in [0.3, 0.4) is 0 Å². The number of nitrogens with zero attached hydrogens (tertiary/aromatic N) is 1. The average molecular weight is 282 g/mol. The zero-order valence-corrected chi connectivity index (χ0v) is 12.6. The van der Waals surface area contributed by atoms with Crippen molar-refractivity contribution in [2.24, 2.45) is 17.6 Å². The second kappa shape index (κ2) is 8.80. The predicted octanol–water partition coefficient (Wildman–Crippen LogP) is 3.66. The Hall–Kier alpha value is -0.290. The van der Waals surface area contributed by atoms with Crippen molar-refractivity contribution in [2.75, 3.05) is 19.6 Å². The monoisotopic (exact) mass is 282 g/mol. The van der Waals surface area contributed by atoms with Gasteiger partial charge in [-0.2, -0.15) is 13.2 Å². The third-order valence-electron chi connectivity index (χ3n) is 3.25. The van der Waals surface area contributed by atoms with E-state index in [-0.39, 0.29) is 13.0 Å². The molecule has 0 bridgehead atoms. The van der Waals surface area contributed by atoms with Crippen molar-refractivity contribution in [3.8, 4) is 0 Å². The van der Waals surface area contributed by atoms with Gasteiger partial charge in [0, 0.05) is 0 Å². The standard InChI is InChI=1S/C14H29F3N2/c1-11(2)6-9-19(10-7-12(3)4)13(5-8-18)14(15,16)17/h11-13H,5-10,18H2,1-4H3. The van der Waals surface area contributed by atoms with E-state index in [1.54, 1.807) is 4.90 Å². The molecule has 2 nitrogen and oxygen atoms in total. The highest BCUT2D eigenvalue weighted by molar-refractivity contribution is 4.80. The molecule has 0 aromatic carbocycles. The Balaban J connectivity index is 4.72. The highest BCUT2D eigenvalue weighted by Crippen LogP contribution is 2.28. The van der Waals surface area contributed by atoms with Crippen LogP contribution < -0.4 is 5.73 Å². The third kappa shape index (κ3) is 8.47. The summed E-state index contributed by atoms with van der Waals surface area (Å²) in [5.74, 6) is 0.821. The van der Waals surface area contributed by atoms with Crippen molar-refractivity contribution < 1.29 is 13.2 Å². The molecule has 0 amide bonds. The van der Waals surface area contributed by atoms with Crippen molar-refractivity contribution in [2.45, 2.75) is 59.2 Å². The van der Waals surface area contributed by atoms with Crippen LogP contribution >= 0.6 is 0 Å². The first-order valence-corrected chi connectivity index (χ1v) is 7.19. The molecule has 0 aromatic rings. The fourth-order valence-corrected chi connectivity index (χ4v) is 1.98. The fourth-order valence-electron chi connectivity index (χ4n) is 1.98. The number of halogens is 3. The lowest BCUT2D eigenvalue weighted by molar-refractivity contribution is -0.185. The summed E-state index contributed by atoms with van der Waals surface area (Å²) >= 11 is 0. The largest absolute Gasteiger partial charge is 0.404 e. The molecule has 0 radical (unpaired) electrons. The van der Waals surface area contributed by atoms with Crippen LogP contribution in [0.1, 0.15) is 47.0 Å². The number of alkyl halides is 3. The zero-order valence-electron chi connectivity index (χ0n) is 12.6. The molecule has 2 N–H and O–H groups in total. The second-order valence-electron chi connectivity index (χ2n) is 6.04. The van der Waals surface area contributed by atoms with Gasteiger partial charge < -0.3 is 5.73 Å². The van der Waals surface area contributed by atoms with Gasteiger partial charge in [-0.25, -0.2) is 0 Å². The van der Waals surface area contributed by atoms with Gasteiger partial charge in [-0.15, -0.1) is 0 Å². The lowest BCUT2D eigenvalue weighted by Gasteiger charge is -2.34. The van der Waals surface area contributed by atoms with Crippen LogP contribution in [0.15, 0.2) is 0 Å². The van der Waals surface area contributed by atoms with Crippen molar-refractivity contribution in [3.63, 3.8) is 0 Å². The SMILES string of the molecule is CC(C)CCN(CCC(C)C)C(CCN)C(F)(F)F. The summed E-state index contributed by atoms with van der Waals surface area (Å²) < 4.78 is 39.3. The quantitative estimate of drug-likeness (QED) is 0.699. The Morgan fingerprint density at radius 3 is 1.58 bits per heavy atom. The molecule has 0 saturated carbocycles. The van der Waals surface area contributed by atoms with Crippen molar-refractivity contribution in [3.05, 3.63) is 0 Å². The molecule has 5 heteroatoms. The molecule has 0 aromatic heterocycles. The van der Waals surface area contributed by atoms with Gasteiger partial charge >= 0.3 is 6.18 Å². The number of hydrogen-bond donors (Lipinski definition) is 1. The summed E-state index contributed by atoms with van der Waals surface area (Å²) in [6.07, 6.45) is -2.63. The van der Waals surface area contributed by atoms with Crippen LogP contribution in [0.25, 0.3) is 0 Å². The van der Waals surface area contributed by atoms with E-state index in [9.17, 15) is 13.2 Å². The van der Waals surface area contributed by atoms with E-state index in [2.05, 4.69) is 0 Å². The fraction of sp³-hybridized carbons (Fsp3) is 1.00. The Kier molecular flexibility index (Phi) is 8.66. The molecule has 0 aliphatic carbocycles. The molecule has 1 atom stereocenters. The number of nitrogens with two attached hydrogens (primary N) is 1. The maximum Gasteiger partial charge on any atom is 0.404 e. The molecular formula is C14H29F3N2. The molecule has 0 saturated heterocycles. The molecule has 0 fully saturated rings. The molecule has 0 aliphatic heterocycles. The summed E-state index contributed by atoms with van der Waals surface area (Å²) in [5, 5.41) is 0. The first-order chi connectivity index (χ1) is 8.68. The first-order valence-electron chi connectivity index (χ1n) is 7.19. The van der Waals surface area contributed by atoms with Gasteiger partial charge in [0.25, 0.3) is 0 Å². The topological polar surface area (TPSA) is 29.3 Å². The summed E-state index contributed by atoms with van der Waals surface area (Å²) in [7, 11) is 0. The van der Waals surface area contributed by atoms with E-state index in [1.165, 1.54) is 0 Å². The van der Waals surface area contributed by atoms with Gasteiger partial charge in [-0.1, -0.05) is 27.7 Å². The molecule has 0 rings (SSSR count). The van der Waals surface area contributed by atoms with Gasteiger partial charge in [-0.05, 0) is 50.7 Å². The van der Waals surface area contributed by atoms with Crippen LogP contribution in [0.4, 0.5) is 13.2 Å². The van der Waals surface area contributed by atoms with Crippen LogP contribution in [0.5, 0.6) is 0 Å². The lowest BCUT2D eigenvalue weighted by atomic mass is 10.1. The molecule has 19 heavy (non-hydrogen) atoms. The van der Waals surface area contributed by atoms with Crippen molar-refractivity contribution >= 4 is 0 Å². The van der Waals surface area contributed by atoms with Crippen LogP contribution in [-0.2, 0) is 0 Å². The van der Waals surface area contributed by atoms with E-state index >= 15 is 0 Å². The van der Waals surface area contributed by atoms with Crippen LogP contribution in [-0.4, -0.2) is 36.8 Å². The summed E-state index contributed by atoms with van der Waals surface area (Å²) in [5.41, 5.74) is 5.35. The van der Waals surface area contributed by atoms with E-state index in [1.807, 2.05) is 27.7 Å². The maximum absolute atomic E-state index is 13.1. The number of hydrogen-bond acceptors (Lipinski definition) is 2. The van der Waals surface area contributed by atoms with Crippen LogP contribution in [0, 0.1) is 11.8 Å². The van der Waals surface area contributed by atoms with E-state index in [0.717, 1.165) is 12.8 Å². The molecule has 0 aliphatic rings. The normalized spacial score (nSPS) is 14.7. The number of rotatable bonds is 9. The average Bonchev–Trinajstić information content (AvgIpc) is 2.25. The molecule has 116 valence electrons. The van der Waals surface area contributed by atoms with Gasteiger partial charge in [0.1, 0.15) is 6.04 Å². The van der Waals surface area contributed by atoms with Crippen LogP contribution in [0.2, 0.25) is 0 Å². The van der Waals surface area contributed by atoms with Gasteiger partial charge in [0.05, 0.1) is 0 Å². The van der Waals surface area contributed by atoms with Gasteiger partial charge in [0.2, 0.25) is 0 Å². The van der Waals surface area contributed by atoms with Crippen molar-refractivity contribution in [1.29, 1.82) is 0 Å². The smallest absolute Gasteiger partial charge is 0.330 e. The Morgan fingerprint density at radius 1 is 0.895 bits per heavy atom. The second-order valence-corrected chi connectivity index (χ2v) is 6.04. The summed E-state index contributed by atoms with van der Waals surface area (Å²) in [6, 6.07) is -1.39. The highest BCUT2D eigenvalue weighted by Gasteiger charge is 2.42. The predicted molar refractivity (Wildman–Crippen MR) is 74.0 cm³/mol. The van der Waals surface area contributed by atoms with E-state index in [4.69, 9.17) is 5.73 Å². The zero-order chi connectivity index (χ0) is 15.1. The lowest BCUT2D eigenvalue weighted by Crippen LogP contribution is -2.48. The molecule has 1 unspecified atom stereocenters. The van der Waals surface area contributed by atoms with E-state index < -0.39 is 12.2 Å². The molecular weight excluding hydrogens is 253 g/mol. The van der Waals surface area contributed by atoms with Crippen molar-refractivity contribution in [1.82, 2.24) is 4.90 Å². The molecule has 0 spiro atoms. The first kappa shape index (κ1) is 18.7. The Bertz CT molecular complexity index is 215. The molecule has 0 heterocycles. The third-order valence-corrected chi connectivity index (χ3v) is 3.25. The van der Waals surface area contributed by atoms with Gasteiger partial charge in [-0.3, -0.25) is 4.90 Å². The van der Waals surface area contributed by atoms with E-state index in [0.29, 0.717) is 24.9 Å². The Morgan fingerprint density at radius 2 is 1.32 bits per heavy atom. The Labute approximate surface area is 115 Å². The minimum absolute atomic E-state index is 0.0142.